The molecule has 27 heavy (non-hydrogen) atoms. The summed E-state index contributed by atoms with van der Waals surface area (Å²) in [6.07, 6.45) is 0. The Hall–Kier alpha value is -1.41. The normalized spacial score (nSPS) is 10.6. The monoisotopic (exact) mass is 444 g/mol. The number of amides is 1. The second kappa shape index (κ2) is 11.4. The quantitative estimate of drug-likeness (QED) is 0.310. The molecule has 1 amide bonds. The molecule has 9 heteroatoms. The molecule has 0 fully saturated rings. The molecule has 0 saturated carbocycles. The van der Waals surface area contributed by atoms with E-state index in [0.717, 1.165) is 22.6 Å². The van der Waals surface area contributed by atoms with Crippen molar-refractivity contribution in [1.82, 2.24) is 5.32 Å². The van der Waals surface area contributed by atoms with Gasteiger partial charge in [0, 0.05) is 46.0 Å². The first-order valence-corrected chi connectivity index (χ1v) is 11.1. The van der Waals surface area contributed by atoms with Gasteiger partial charge in [-0.05, 0) is 23.3 Å². The van der Waals surface area contributed by atoms with E-state index in [2.05, 4.69) is 5.32 Å². The predicted octanol–water partition coefficient (Wildman–Crippen LogP) is 5.18. The topological polar surface area (TPSA) is 72.2 Å². The van der Waals surface area contributed by atoms with Crippen LogP contribution in [0.3, 0.4) is 0 Å². The predicted molar refractivity (Wildman–Crippen MR) is 115 cm³/mol. The largest absolute Gasteiger partial charge is 0.355 e. The summed E-state index contributed by atoms with van der Waals surface area (Å²) in [5.74, 6) is 2.52. The Kier molecular flexibility index (Phi) is 9.27. The molecular weight excluding hydrogens is 427 g/mol. The number of benzene rings is 2. The highest BCUT2D eigenvalue weighted by Gasteiger charge is 2.06. The number of hydrogen-bond donors (Lipinski definition) is 1. The summed E-state index contributed by atoms with van der Waals surface area (Å²) in [5, 5.41) is 14.8. The van der Waals surface area contributed by atoms with E-state index in [0.29, 0.717) is 28.1 Å². The minimum atomic E-state index is -0.427. The van der Waals surface area contributed by atoms with E-state index >= 15 is 0 Å². The van der Waals surface area contributed by atoms with Crippen LogP contribution in [0.5, 0.6) is 0 Å². The first kappa shape index (κ1) is 21.9. The van der Waals surface area contributed by atoms with Crippen molar-refractivity contribution < 1.29 is 9.72 Å². The van der Waals surface area contributed by atoms with Gasteiger partial charge >= 0.3 is 0 Å². The molecule has 0 aromatic heterocycles. The number of halogens is 2. The van der Waals surface area contributed by atoms with E-state index in [1.807, 2.05) is 12.1 Å². The zero-order valence-electron chi connectivity index (χ0n) is 14.3. The Morgan fingerprint density at radius 3 is 2.48 bits per heavy atom. The number of nitrogens with one attached hydrogen (secondary N) is 1. The van der Waals surface area contributed by atoms with Gasteiger partial charge < -0.3 is 5.32 Å². The lowest BCUT2D eigenvalue weighted by atomic mass is 10.2. The SMILES string of the molecule is O=C(CSCc1ccc([N+](=O)[O-])cc1)NCCSCc1ccc(Cl)cc1Cl. The maximum absolute atomic E-state index is 11.8. The Morgan fingerprint density at radius 2 is 1.81 bits per heavy atom. The molecule has 0 heterocycles. The fourth-order valence-corrected chi connectivity index (χ4v) is 4.34. The van der Waals surface area contributed by atoms with Crippen LogP contribution in [-0.4, -0.2) is 28.9 Å². The third-order valence-corrected chi connectivity index (χ3v) is 6.09. The van der Waals surface area contributed by atoms with Gasteiger partial charge in [-0.25, -0.2) is 0 Å². The number of nitro groups is 1. The third kappa shape index (κ3) is 8.01. The molecule has 0 saturated heterocycles. The summed E-state index contributed by atoms with van der Waals surface area (Å²) < 4.78 is 0. The number of carbonyl (C=O) groups is 1. The molecule has 0 bridgehead atoms. The molecule has 5 nitrogen and oxygen atoms in total. The number of hydrogen-bond acceptors (Lipinski definition) is 5. The second-order valence-electron chi connectivity index (χ2n) is 5.55. The molecule has 0 spiro atoms. The van der Waals surface area contributed by atoms with Gasteiger partial charge in [0.15, 0.2) is 0 Å². The molecule has 2 aromatic rings. The van der Waals surface area contributed by atoms with Gasteiger partial charge in [0.1, 0.15) is 0 Å². The highest BCUT2D eigenvalue weighted by molar-refractivity contribution is 7.99. The van der Waals surface area contributed by atoms with Crippen molar-refractivity contribution in [3.8, 4) is 0 Å². The molecule has 0 aliphatic rings. The molecule has 144 valence electrons. The Morgan fingerprint density at radius 1 is 1.07 bits per heavy atom. The van der Waals surface area contributed by atoms with E-state index in [4.69, 9.17) is 23.2 Å². The van der Waals surface area contributed by atoms with Crippen molar-refractivity contribution in [3.63, 3.8) is 0 Å². The molecule has 2 aromatic carbocycles. The van der Waals surface area contributed by atoms with Gasteiger partial charge in [0.25, 0.3) is 5.69 Å². The Labute approximate surface area is 176 Å². The zero-order valence-corrected chi connectivity index (χ0v) is 17.5. The van der Waals surface area contributed by atoms with E-state index < -0.39 is 4.92 Å². The van der Waals surface area contributed by atoms with Crippen LogP contribution < -0.4 is 5.32 Å². The lowest BCUT2D eigenvalue weighted by Gasteiger charge is -2.07. The van der Waals surface area contributed by atoms with Crippen LogP contribution in [0.25, 0.3) is 0 Å². The smallest absolute Gasteiger partial charge is 0.269 e. The van der Waals surface area contributed by atoms with Gasteiger partial charge in [0.05, 0.1) is 10.7 Å². The number of non-ortho nitro benzene ring substituents is 1. The van der Waals surface area contributed by atoms with Crippen molar-refractivity contribution >= 4 is 58.3 Å². The summed E-state index contributed by atoms with van der Waals surface area (Å²) in [6, 6.07) is 11.8. The first-order valence-electron chi connectivity index (χ1n) is 8.05. The third-order valence-electron chi connectivity index (χ3n) is 3.49. The lowest BCUT2D eigenvalue weighted by Crippen LogP contribution is -2.27. The van der Waals surface area contributed by atoms with Crippen molar-refractivity contribution in [2.75, 3.05) is 18.1 Å². The van der Waals surface area contributed by atoms with Gasteiger partial charge in [-0.2, -0.15) is 11.8 Å². The molecular formula is C18H18Cl2N2O3S2. The Bertz CT molecular complexity index is 789. The van der Waals surface area contributed by atoms with Crippen molar-refractivity contribution in [2.45, 2.75) is 11.5 Å². The summed E-state index contributed by atoms with van der Waals surface area (Å²) in [7, 11) is 0. The maximum Gasteiger partial charge on any atom is 0.269 e. The van der Waals surface area contributed by atoms with E-state index in [-0.39, 0.29) is 11.6 Å². The molecule has 2 rings (SSSR count). The second-order valence-corrected chi connectivity index (χ2v) is 8.49. The highest BCUT2D eigenvalue weighted by Crippen LogP contribution is 2.24. The van der Waals surface area contributed by atoms with Crippen molar-refractivity contribution in [1.29, 1.82) is 0 Å². The van der Waals surface area contributed by atoms with E-state index in [9.17, 15) is 14.9 Å². The molecule has 0 radical (unpaired) electrons. The Balaban J connectivity index is 1.57. The summed E-state index contributed by atoms with van der Waals surface area (Å²) in [4.78, 5) is 22.0. The van der Waals surface area contributed by atoms with Crippen LogP contribution in [0.4, 0.5) is 5.69 Å². The molecule has 0 unspecified atom stereocenters. The van der Waals surface area contributed by atoms with Crippen LogP contribution in [0.1, 0.15) is 11.1 Å². The van der Waals surface area contributed by atoms with Crippen LogP contribution in [0.2, 0.25) is 10.0 Å². The number of nitro benzene ring substituents is 1. The van der Waals surface area contributed by atoms with Crippen LogP contribution in [0.15, 0.2) is 42.5 Å². The zero-order chi connectivity index (χ0) is 19.6. The number of carbonyl (C=O) groups excluding carboxylic acids is 1. The number of thioether (sulfide) groups is 2. The average molecular weight is 445 g/mol. The summed E-state index contributed by atoms with van der Waals surface area (Å²) in [5.41, 5.74) is 2.05. The average Bonchev–Trinajstić information content (AvgIpc) is 2.63. The maximum atomic E-state index is 11.8. The standard InChI is InChI=1S/C18H18Cl2N2O3S2/c19-15-4-3-14(17(20)9-15)11-26-8-7-21-18(23)12-27-10-13-1-5-16(6-2-13)22(24)25/h1-6,9H,7-8,10-12H2,(H,21,23). The van der Waals surface area contributed by atoms with Crippen molar-refractivity contribution in [2.24, 2.45) is 0 Å². The van der Waals surface area contributed by atoms with Crippen LogP contribution >= 0.6 is 46.7 Å². The number of nitrogens with zero attached hydrogens (tertiary/aromatic N) is 1. The first-order chi connectivity index (χ1) is 13.0. The van der Waals surface area contributed by atoms with Crippen LogP contribution in [-0.2, 0) is 16.3 Å². The fourth-order valence-electron chi connectivity index (χ4n) is 2.11. The van der Waals surface area contributed by atoms with Gasteiger partial charge in [0.2, 0.25) is 5.91 Å². The minimum absolute atomic E-state index is 0.0213. The molecule has 0 aliphatic heterocycles. The number of rotatable bonds is 10. The van der Waals surface area contributed by atoms with Gasteiger partial charge in [-0.1, -0.05) is 41.4 Å². The molecule has 1 N–H and O–H groups in total. The van der Waals surface area contributed by atoms with Gasteiger partial charge in [-0.15, -0.1) is 11.8 Å². The summed E-state index contributed by atoms with van der Waals surface area (Å²) in [6.45, 7) is 0.590. The molecule has 0 atom stereocenters. The van der Waals surface area contributed by atoms with E-state index in [1.165, 1.54) is 23.9 Å². The summed E-state index contributed by atoms with van der Waals surface area (Å²) >= 11 is 15.2. The van der Waals surface area contributed by atoms with E-state index in [1.54, 1.807) is 30.0 Å². The lowest BCUT2D eigenvalue weighted by molar-refractivity contribution is -0.384. The molecule has 0 aliphatic carbocycles. The minimum Gasteiger partial charge on any atom is -0.355 e. The fraction of sp³-hybridized carbons (Fsp3) is 0.278. The van der Waals surface area contributed by atoms with Crippen molar-refractivity contribution in [3.05, 3.63) is 73.8 Å². The highest BCUT2D eigenvalue weighted by atomic mass is 35.5. The van der Waals surface area contributed by atoms with Crippen LogP contribution in [0, 0.1) is 10.1 Å². The van der Waals surface area contributed by atoms with Gasteiger partial charge in [-0.3, -0.25) is 14.9 Å².